The molecule has 0 saturated carbocycles. The molecule has 0 spiro atoms. The molecular weight excluding hydrogens is 646 g/mol. The van der Waals surface area contributed by atoms with Crippen molar-refractivity contribution in [2.45, 2.75) is 110 Å². The van der Waals surface area contributed by atoms with Crippen molar-refractivity contribution in [3.63, 3.8) is 0 Å². The number of ketones is 1. The standard InChI is InChI=1S/C38H52ClN3O7/c1-6-8-9-10-17-22-31(49-33(44)24-32(43)40-29-20-15-12-16-21-29)30(34(45)38(3,4)5)23-28(39)26-41-35(46)36(48-7-2)42(37(41)47)25-27-18-13-11-14-19-27/h11-16,18-21,28,30-31,36H,6-10,17,22-26H2,1-5H3,(H,40,43). The maximum absolute atomic E-state index is 14.0. The van der Waals surface area contributed by atoms with Crippen molar-refractivity contribution in [2.75, 3.05) is 18.5 Å². The van der Waals surface area contributed by atoms with Gasteiger partial charge in [0.05, 0.1) is 17.8 Å². The average molecular weight is 698 g/mol. The van der Waals surface area contributed by atoms with Crippen LogP contribution in [0.25, 0.3) is 0 Å². The van der Waals surface area contributed by atoms with Gasteiger partial charge in [0.25, 0.3) is 5.91 Å². The highest BCUT2D eigenvalue weighted by Gasteiger charge is 2.47. The molecule has 1 fully saturated rings. The Labute approximate surface area is 295 Å². The van der Waals surface area contributed by atoms with Gasteiger partial charge in [0.2, 0.25) is 12.1 Å². The fourth-order valence-corrected chi connectivity index (χ4v) is 6.26. The van der Waals surface area contributed by atoms with Crippen LogP contribution in [0.2, 0.25) is 0 Å². The number of Topliss-reactive ketones (excluding diaryl/α,β-unsaturated/α-hetero) is 1. The van der Waals surface area contributed by atoms with E-state index >= 15 is 0 Å². The lowest BCUT2D eigenvalue weighted by Crippen LogP contribution is -2.43. The number of carbonyl (C=O) groups excluding carboxylic acids is 5. The van der Waals surface area contributed by atoms with Gasteiger partial charge in [-0.05, 0) is 43.9 Å². The van der Waals surface area contributed by atoms with Gasteiger partial charge < -0.3 is 14.8 Å². The molecule has 1 N–H and O–H groups in total. The Hall–Kier alpha value is -3.76. The molecule has 1 saturated heterocycles. The number of ether oxygens (including phenoxy) is 2. The van der Waals surface area contributed by atoms with Crippen molar-refractivity contribution in [2.24, 2.45) is 11.3 Å². The van der Waals surface area contributed by atoms with Crippen LogP contribution in [0.15, 0.2) is 60.7 Å². The third-order valence-electron chi connectivity index (χ3n) is 8.41. The second-order valence-corrected chi connectivity index (χ2v) is 14.1. The van der Waals surface area contributed by atoms with Crippen molar-refractivity contribution in [3.05, 3.63) is 66.2 Å². The summed E-state index contributed by atoms with van der Waals surface area (Å²) in [6.45, 7) is 9.50. The fourth-order valence-electron chi connectivity index (χ4n) is 5.93. The predicted molar refractivity (Wildman–Crippen MR) is 190 cm³/mol. The molecule has 1 heterocycles. The van der Waals surface area contributed by atoms with Crippen molar-refractivity contribution < 1.29 is 33.4 Å². The van der Waals surface area contributed by atoms with E-state index in [0.29, 0.717) is 18.5 Å². The summed E-state index contributed by atoms with van der Waals surface area (Å²) < 4.78 is 11.6. The van der Waals surface area contributed by atoms with Gasteiger partial charge in [0, 0.05) is 24.3 Å². The largest absolute Gasteiger partial charge is 0.461 e. The van der Waals surface area contributed by atoms with Gasteiger partial charge in [0.15, 0.2) is 0 Å². The van der Waals surface area contributed by atoms with E-state index in [0.717, 1.165) is 36.1 Å². The highest BCUT2D eigenvalue weighted by Crippen LogP contribution is 2.32. The molecule has 49 heavy (non-hydrogen) atoms. The lowest BCUT2D eigenvalue weighted by molar-refractivity contribution is -0.156. The number of unbranched alkanes of at least 4 members (excludes halogenated alkanes) is 4. The number of hydrogen-bond acceptors (Lipinski definition) is 7. The number of benzene rings is 2. The van der Waals surface area contributed by atoms with Crippen LogP contribution < -0.4 is 5.32 Å². The van der Waals surface area contributed by atoms with Crippen LogP contribution in [0.4, 0.5) is 10.5 Å². The molecule has 2 aromatic rings. The highest BCUT2D eigenvalue weighted by molar-refractivity contribution is 6.21. The number of rotatable bonds is 20. The zero-order valence-corrected chi connectivity index (χ0v) is 30.2. The van der Waals surface area contributed by atoms with Crippen LogP contribution in [0.3, 0.4) is 0 Å². The van der Waals surface area contributed by atoms with Gasteiger partial charge in [0.1, 0.15) is 18.3 Å². The third-order valence-corrected chi connectivity index (χ3v) is 8.73. The number of urea groups is 1. The summed E-state index contributed by atoms with van der Waals surface area (Å²) in [7, 11) is 0. The van der Waals surface area contributed by atoms with Gasteiger partial charge in [-0.1, -0.05) is 102 Å². The van der Waals surface area contributed by atoms with E-state index in [1.165, 1.54) is 4.90 Å². The van der Waals surface area contributed by atoms with Gasteiger partial charge in [-0.15, -0.1) is 11.6 Å². The summed E-state index contributed by atoms with van der Waals surface area (Å²) in [6.07, 6.45) is 2.75. The van der Waals surface area contributed by atoms with Gasteiger partial charge in [-0.3, -0.25) is 29.0 Å². The van der Waals surface area contributed by atoms with Crippen LogP contribution in [-0.2, 0) is 35.2 Å². The molecule has 0 aliphatic carbocycles. The molecule has 3 rings (SSSR count). The number of para-hydroxylation sites is 1. The first-order valence-corrected chi connectivity index (χ1v) is 17.8. The molecule has 2 aromatic carbocycles. The summed E-state index contributed by atoms with van der Waals surface area (Å²) in [5.41, 5.74) is 0.595. The summed E-state index contributed by atoms with van der Waals surface area (Å²) in [5, 5.41) is 1.86. The monoisotopic (exact) mass is 697 g/mol. The number of carbonyl (C=O) groups is 5. The van der Waals surface area contributed by atoms with E-state index in [-0.39, 0.29) is 31.9 Å². The van der Waals surface area contributed by atoms with Crippen LogP contribution in [-0.4, -0.2) is 70.3 Å². The lowest BCUT2D eigenvalue weighted by Gasteiger charge is -2.32. The Morgan fingerprint density at radius 2 is 1.55 bits per heavy atom. The fraction of sp³-hybridized carbons (Fsp3) is 0.553. The molecule has 1 aliphatic heterocycles. The first kappa shape index (κ1) is 39.7. The zero-order valence-electron chi connectivity index (χ0n) is 29.5. The molecule has 4 amide bonds. The first-order valence-electron chi connectivity index (χ1n) is 17.4. The first-order chi connectivity index (χ1) is 23.3. The maximum atomic E-state index is 14.0. The van der Waals surface area contributed by atoms with Crippen molar-refractivity contribution in [1.82, 2.24) is 9.80 Å². The van der Waals surface area contributed by atoms with E-state index in [2.05, 4.69) is 12.2 Å². The lowest BCUT2D eigenvalue weighted by atomic mass is 9.77. The molecule has 4 atom stereocenters. The smallest absolute Gasteiger partial charge is 0.329 e. The van der Waals surface area contributed by atoms with E-state index in [9.17, 15) is 24.0 Å². The molecule has 11 heteroatoms. The SMILES string of the molecule is CCCCCCCC(OC(=O)CC(=O)Nc1ccccc1)C(CC(Cl)CN1C(=O)C(OCC)N(Cc2ccccc2)C1=O)C(=O)C(C)(C)C. The van der Waals surface area contributed by atoms with Crippen LogP contribution in [0.5, 0.6) is 0 Å². The number of halogens is 1. The van der Waals surface area contributed by atoms with Gasteiger partial charge in [-0.25, -0.2) is 4.79 Å². The van der Waals surface area contributed by atoms with Crippen molar-refractivity contribution >= 4 is 46.9 Å². The number of nitrogens with zero attached hydrogens (tertiary/aromatic N) is 2. The zero-order chi connectivity index (χ0) is 36.0. The third kappa shape index (κ3) is 12.3. The van der Waals surface area contributed by atoms with E-state index in [1.54, 1.807) is 52.0 Å². The number of amides is 4. The minimum Gasteiger partial charge on any atom is -0.461 e. The summed E-state index contributed by atoms with van der Waals surface area (Å²) in [5.74, 6) is -2.77. The van der Waals surface area contributed by atoms with Crippen LogP contribution in [0.1, 0.15) is 91.5 Å². The Morgan fingerprint density at radius 3 is 2.16 bits per heavy atom. The topological polar surface area (TPSA) is 122 Å². The Bertz CT molecular complexity index is 1380. The van der Waals surface area contributed by atoms with Crippen molar-refractivity contribution in [3.8, 4) is 0 Å². The average Bonchev–Trinajstić information content (AvgIpc) is 3.26. The number of nitrogens with one attached hydrogen (secondary N) is 1. The molecule has 4 unspecified atom stereocenters. The molecule has 0 radical (unpaired) electrons. The van der Waals surface area contributed by atoms with E-state index < -0.39 is 59.3 Å². The Balaban J connectivity index is 1.79. The minimum atomic E-state index is -1.09. The van der Waals surface area contributed by atoms with Crippen LogP contribution in [0, 0.1) is 11.3 Å². The molecule has 1 aliphatic rings. The van der Waals surface area contributed by atoms with E-state index in [1.807, 2.05) is 36.4 Å². The van der Waals surface area contributed by atoms with Crippen LogP contribution >= 0.6 is 11.6 Å². The number of anilines is 1. The summed E-state index contributed by atoms with van der Waals surface area (Å²) in [6, 6.07) is 17.6. The number of imide groups is 1. The summed E-state index contributed by atoms with van der Waals surface area (Å²) in [4.78, 5) is 69.3. The minimum absolute atomic E-state index is 0.0514. The molecular formula is C38H52ClN3O7. The number of esters is 1. The second kappa shape index (κ2) is 19.4. The molecule has 10 nitrogen and oxygen atoms in total. The van der Waals surface area contributed by atoms with E-state index in [4.69, 9.17) is 21.1 Å². The highest BCUT2D eigenvalue weighted by atomic mass is 35.5. The summed E-state index contributed by atoms with van der Waals surface area (Å²) >= 11 is 6.91. The van der Waals surface area contributed by atoms with Gasteiger partial charge in [-0.2, -0.15) is 0 Å². The maximum Gasteiger partial charge on any atom is 0.329 e. The van der Waals surface area contributed by atoms with Gasteiger partial charge >= 0.3 is 12.0 Å². The molecule has 0 bridgehead atoms. The Kier molecular flexibility index (Phi) is 15.7. The molecule has 0 aromatic heterocycles. The number of alkyl halides is 1. The quantitative estimate of drug-likeness (QED) is 0.0505. The second-order valence-electron chi connectivity index (χ2n) is 13.5. The van der Waals surface area contributed by atoms with Crippen molar-refractivity contribution in [1.29, 1.82) is 0 Å². The predicted octanol–water partition coefficient (Wildman–Crippen LogP) is 7.34. The molecule has 268 valence electrons. The number of hydrogen-bond donors (Lipinski definition) is 1. The Morgan fingerprint density at radius 1 is 0.918 bits per heavy atom. The normalized spacial score (nSPS) is 16.7.